The summed E-state index contributed by atoms with van der Waals surface area (Å²) in [6, 6.07) is 3.35. The Kier molecular flexibility index (Phi) is 15.5. The Labute approximate surface area is 420 Å². The van der Waals surface area contributed by atoms with Gasteiger partial charge in [0.1, 0.15) is 40.9 Å². The zero-order valence-electron chi connectivity index (χ0n) is 39.6. The smallest absolute Gasteiger partial charge is 0.370 e. The molecule has 17 nitrogen and oxygen atoms in total. The Bertz CT molecular complexity index is 3360. The molecule has 400 valence electrons. The number of anilines is 1. The van der Waals surface area contributed by atoms with Crippen molar-refractivity contribution in [2.45, 2.75) is 75.8 Å². The van der Waals surface area contributed by atoms with E-state index in [4.69, 9.17) is 23.1 Å². The number of carbonyl (C=O) groups excluding carboxylic acids is 2. The Morgan fingerprint density at radius 1 is 0.973 bits per heavy atom. The maximum Gasteiger partial charge on any atom is 0.435 e. The number of sulfone groups is 1. The first-order valence-electron chi connectivity index (χ1n) is 21.5. The molecule has 0 fully saturated rings. The Morgan fingerprint density at radius 2 is 1.59 bits per heavy atom. The summed E-state index contributed by atoms with van der Waals surface area (Å²) >= 11 is 6.66. The summed E-state index contributed by atoms with van der Waals surface area (Å²) in [6.45, 7) is -0.466. The third-order valence-corrected chi connectivity index (χ3v) is 14.9. The third kappa shape index (κ3) is 12.1. The van der Waals surface area contributed by atoms with Crippen LogP contribution in [0.4, 0.5) is 54.5 Å². The van der Waals surface area contributed by atoms with Crippen molar-refractivity contribution in [3.63, 3.8) is 0 Å². The van der Waals surface area contributed by atoms with Crippen LogP contribution in [0.15, 0.2) is 47.5 Å². The van der Waals surface area contributed by atoms with Crippen molar-refractivity contribution < 1.29 is 70.3 Å². The summed E-state index contributed by atoms with van der Waals surface area (Å²) < 4.78 is 198. The minimum atomic E-state index is -5.25. The molecule has 0 spiro atoms. The monoisotopic (exact) mass is 1110 g/mol. The summed E-state index contributed by atoms with van der Waals surface area (Å²) in [6.07, 6.45) is -10.5. The number of nitrogens with two attached hydrogens (primary N) is 2. The predicted octanol–water partition coefficient (Wildman–Crippen LogP) is 6.46. The first-order chi connectivity index (χ1) is 33.9. The molecule has 0 saturated carbocycles. The van der Waals surface area contributed by atoms with Crippen molar-refractivity contribution >= 4 is 66.1 Å². The number of urea groups is 1. The quantitative estimate of drug-likeness (QED) is 0.0473. The lowest BCUT2D eigenvalue weighted by molar-refractivity contribution is -0.143. The number of halogens is 11. The maximum atomic E-state index is 15.6. The van der Waals surface area contributed by atoms with E-state index < -0.39 is 155 Å². The standard InChI is InChI=1S/C44H44ClF10N11O6S2/c1-22-15-29-36(44(53,54)55)61-64(37(29)43(22,51)52)20-32(67)60-31(18-23-16-24(46)19-25(47)17-23)34-27(8-7-26(59-34)11-12-41(2,3)73(5,69)70)28-9-10-30(45)33-35(28)65(21-42(48,49)50)62-38(33)66(74(6,71)72)40(68)63(4)14-13-58-39(56)57/h7-10,16-17,19,22,31H,13-15,18,20-21H2,1-6H3,(H,60,67)(H4,56,57,58)/t22-,31+/m1/s1. The van der Waals surface area contributed by atoms with Crippen molar-refractivity contribution in [1.29, 1.82) is 0 Å². The average molecular weight is 1110 g/mol. The molecule has 2 atom stereocenters. The second-order valence-electron chi connectivity index (χ2n) is 17.8. The van der Waals surface area contributed by atoms with E-state index in [2.05, 4.69) is 37.3 Å². The molecule has 0 bridgehead atoms. The summed E-state index contributed by atoms with van der Waals surface area (Å²) in [5.74, 6) is -5.50. The summed E-state index contributed by atoms with van der Waals surface area (Å²) in [5, 5.41) is 8.64. The van der Waals surface area contributed by atoms with Crippen molar-refractivity contribution in [2.75, 3.05) is 37.0 Å². The number of carbonyl (C=O) groups is 2. The number of benzene rings is 2. The van der Waals surface area contributed by atoms with Crippen LogP contribution < -0.4 is 21.1 Å². The van der Waals surface area contributed by atoms with Crippen LogP contribution >= 0.6 is 11.6 Å². The Balaban J connectivity index is 1.65. The number of guanidine groups is 1. The van der Waals surface area contributed by atoms with Gasteiger partial charge < -0.3 is 21.7 Å². The van der Waals surface area contributed by atoms with Gasteiger partial charge in [-0.3, -0.25) is 19.2 Å². The van der Waals surface area contributed by atoms with E-state index in [1.165, 1.54) is 13.8 Å². The first-order valence-corrected chi connectivity index (χ1v) is 25.6. The fourth-order valence-corrected chi connectivity index (χ4v) is 9.19. The number of sulfonamides is 1. The van der Waals surface area contributed by atoms with E-state index in [9.17, 15) is 61.5 Å². The number of amides is 3. The van der Waals surface area contributed by atoms with Gasteiger partial charge in [-0.1, -0.05) is 30.5 Å². The lowest BCUT2D eigenvalue weighted by Gasteiger charge is -2.25. The number of fused-ring (bicyclic) bond motifs is 2. The molecule has 30 heteroatoms. The van der Waals surface area contributed by atoms with Crippen LogP contribution in [0.1, 0.15) is 60.7 Å². The number of nitrogens with one attached hydrogen (secondary N) is 1. The Hall–Kier alpha value is -6.67. The SMILES string of the molecule is C[C@@H]1Cc2c(C(F)(F)F)nn(CC(=O)N[C@@H](Cc3cc(F)cc(F)c3)c3nc(C#CC(C)(C)S(C)(=O)=O)ccc3-c3ccc(Cl)c4c(N(C(=O)N(C)CCN=C(N)N)S(C)(=O)=O)nn(CC(F)(F)F)c34)c2C1(F)F. The predicted molar refractivity (Wildman–Crippen MR) is 251 cm³/mol. The molecule has 0 aliphatic heterocycles. The first kappa shape index (κ1) is 56.6. The highest BCUT2D eigenvalue weighted by molar-refractivity contribution is 7.93. The molecule has 0 unspecified atom stereocenters. The number of nitrogens with zero attached hydrogens (tertiary/aromatic N) is 8. The average Bonchev–Trinajstić information content (AvgIpc) is 3.86. The lowest BCUT2D eigenvalue weighted by Crippen LogP contribution is -2.45. The highest BCUT2D eigenvalue weighted by atomic mass is 35.5. The molecule has 3 aromatic heterocycles. The van der Waals surface area contributed by atoms with Crippen molar-refractivity contribution in [2.24, 2.45) is 22.4 Å². The van der Waals surface area contributed by atoms with Crippen LogP contribution in [0.2, 0.25) is 5.02 Å². The van der Waals surface area contributed by atoms with Gasteiger partial charge in [-0.15, -0.1) is 0 Å². The number of aliphatic imine (C=N–C) groups is 1. The molecule has 3 amide bonds. The largest absolute Gasteiger partial charge is 0.435 e. The van der Waals surface area contributed by atoms with Gasteiger partial charge in [0, 0.05) is 48.5 Å². The van der Waals surface area contributed by atoms with E-state index in [-0.39, 0.29) is 49.1 Å². The maximum absolute atomic E-state index is 15.6. The number of aromatic nitrogens is 5. The number of likely N-dealkylation sites (N-methyl/N-ethyl adjacent to an activating group) is 1. The number of hydrogen-bond acceptors (Lipinski definition) is 10. The molecule has 2 aromatic carbocycles. The number of hydrogen-bond donors (Lipinski definition) is 3. The topological polar surface area (TPSA) is 234 Å². The summed E-state index contributed by atoms with van der Waals surface area (Å²) in [4.78, 5) is 37.2. The van der Waals surface area contributed by atoms with Gasteiger partial charge in [0.15, 0.2) is 27.3 Å². The molecular formula is C44H44ClF10N11O6S2. The zero-order chi connectivity index (χ0) is 55.4. The van der Waals surface area contributed by atoms with Crippen LogP contribution in [-0.2, 0) is 62.7 Å². The van der Waals surface area contributed by atoms with E-state index in [1.54, 1.807) is 0 Å². The molecule has 6 rings (SSSR count). The highest BCUT2D eigenvalue weighted by Crippen LogP contribution is 2.50. The number of alkyl halides is 8. The summed E-state index contributed by atoms with van der Waals surface area (Å²) in [5.41, 5.74) is 4.58. The molecular weight excluding hydrogens is 1070 g/mol. The van der Waals surface area contributed by atoms with Crippen LogP contribution in [0, 0.1) is 29.4 Å². The van der Waals surface area contributed by atoms with Crippen LogP contribution in [0.25, 0.3) is 22.0 Å². The fourth-order valence-electron chi connectivity index (χ4n) is 7.85. The van der Waals surface area contributed by atoms with E-state index in [0.29, 0.717) is 12.3 Å². The highest BCUT2D eigenvalue weighted by Gasteiger charge is 2.54. The normalized spacial score (nSPS) is 15.3. The zero-order valence-corrected chi connectivity index (χ0v) is 42.0. The van der Waals surface area contributed by atoms with Crippen LogP contribution in [-0.4, -0.2) is 108 Å². The molecule has 5 aromatic rings. The van der Waals surface area contributed by atoms with Gasteiger partial charge in [-0.2, -0.15) is 49.6 Å². The molecule has 0 radical (unpaired) electrons. The molecule has 1 aliphatic rings. The van der Waals surface area contributed by atoms with Crippen LogP contribution in [0.5, 0.6) is 0 Å². The van der Waals surface area contributed by atoms with Gasteiger partial charge in [0.2, 0.25) is 15.9 Å². The Morgan fingerprint density at radius 3 is 2.16 bits per heavy atom. The minimum absolute atomic E-state index is 0.0663. The fraction of sp³-hybridized carbons (Fsp3) is 0.409. The third-order valence-electron chi connectivity index (χ3n) is 11.6. The second kappa shape index (κ2) is 20.2. The number of rotatable bonds is 14. The van der Waals surface area contributed by atoms with Gasteiger partial charge in [-0.25, -0.2) is 35.4 Å². The van der Waals surface area contributed by atoms with E-state index in [1.807, 2.05) is 0 Å². The van der Waals surface area contributed by atoms with Crippen LogP contribution in [0.3, 0.4) is 0 Å². The second-order valence-corrected chi connectivity index (χ2v) is 22.6. The van der Waals surface area contributed by atoms with E-state index in [0.717, 1.165) is 61.5 Å². The minimum Gasteiger partial charge on any atom is -0.370 e. The van der Waals surface area contributed by atoms with Crippen molar-refractivity contribution in [3.8, 4) is 23.0 Å². The number of pyridine rings is 1. The van der Waals surface area contributed by atoms with Gasteiger partial charge in [0.05, 0.1) is 40.5 Å². The molecule has 1 aliphatic carbocycles. The summed E-state index contributed by atoms with van der Waals surface area (Å²) in [7, 11) is -7.63. The van der Waals surface area contributed by atoms with E-state index >= 15 is 8.78 Å². The van der Waals surface area contributed by atoms with Gasteiger partial charge >= 0.3 is 18.4 Å². The molecule has 5 N–H and O–H groups in total. The lowest BCUT2D eigenvalue weighted by atomic mass is 9.93. The molecule has 74 heavy (non-hydrogen) atoms. The van der Waals surface area contributed by atoms with Gasteiger partial charge in [-0.05, 0) is 68.5 Å². The molecule has 3 heterocycles. The van der Waals surface area contributed by atoms with Crippen molar-refractivity contribution in [3.05, 3.63) is 93.0 Å². The molecule has 0 saturated heterocycles. The van der Waals surface area contributed by atoms with Gasteiger partial charge in [0.25, 0.3) is 5.92 Å². The van der Waals surface area contributed by atoms with Crippen molar-refractivity contribution in [1.82, 2.24) is 34.8 Å².